The molecule has 0 spiro atoms. The van der Waals surface area contributed by atoms with Crippen molar-refractivity contribution in [1.29, 1.82) is 0 Å². The Morgan fingerprint density at radius 1 is 1.17 bits per heavy atom. The van der Waals surface area contributed by atoms with Gasteiger partial charge >= 0.3 is 0 Å². The van der Waals surface area contributed by atoms with E-state index in [0.717, 1.165) is 0 Å². The van der Waals surface area contributed by atoms with E-state index in [0.29, 0.717) is 6.17 Å². The van der Waals surface area contributed by atoms with E-state index >= 15 is 0 Å². The van der Waals surface area contributed by atoms with Crippen molar-refractivity contribution in [3.63, 3.8) is 0 Å². The Morgan fingerprint density at radius 2 is 1.75 bits per heavy atom. The van der Waals surface area contributed by atoms with Gasteiger partial charge in [-0.15, -0.1) is 11.3 Å². The Labute approximate surface area is 78.4 Å². The van der Waals surface area contributed by atoms with Crippen LogP contribution < -0.4 is 0 Å². The summed E-state index contributed by atoms with van der Waals surface area (Å²) in [6, 6.07) is 4.27. The number of nitrogens with zero attached hydrogens (tertiary/aromatic N) is 2. The van der Waals surface area contributed by atoms with Gasteiger partial charge in [-0.1, -0.05) is 6.07 Å². The Bertz CT molecular complexity index is 208. The van der Waals surface area contributed by atoms with Crippen molar-refractivity contribution in [2.75, 3.05) is 28.2 Å². The first-order chi connectivity index (χ1) is 5.63. The average Bonchev–Trinajstić information content (AvgIpc) is 2.37. The summed E-state index contributed by atoms with van der Waals surface area (Å²) in [6.45, 7) is 0. The molecule has 0 unspecified atom stereocenters. The lowest BCUT2D eigenvalue weighted by Gasteiger charge is -2.29. The first-order valence-electron chi connectivity index (χ1n) is 3.99. The molecule has 0 fully saturated rings. The largest absolute Gasteiger partial charge is 0.290 e. The molecule has 0 bridgehead atoms. The van der Waals surface area contributed by atoms with Crippen molar-refractivity contribution in [2.45, 2.75) is 6.17 Å². The lowest BCUT2D eigenvalue weighted by Crippen LogP contribution is -2.31. The highest BCUT2D eigenvalue weighted by molar-refractivity contribution is 7.10. The second-order valence-electron chi connectivity index (χ2n) is 3.32. The number of hydrogen-bond donors (Lipinski definition) is 0. The maximum atomic E-state index is 2.21. The molecule has 0 N–H and O–H groups in total. The molecule has 1 rings (SSSR count). The maximum absolute atomic E-state index is 2.21. The summed E-state index contributed by atoms with van der Waals surface area (Å²) in [5.74, 6) is 0. The second kappa shape index (κ2) is 4.03. The molecule has 0 saturated carbocycles. The highest BCUT2D eigenvalue weighted by atomic mass is 32.1. The van der Waals surface area contributed by atoms with Crippen LogP contribution in [0, 0.1) is 0 Å². The van der Waals surface area contributed by atoms with E-state index < -0.39 is 0 Å². The summed E-state index contributed by atoms with van der Waals surface area (Å²) in [4.78, 5) is 5.82. The van der Waals surface area contributed by atoms with Crippen molar-refractivity contribution in [3.05, 3.63) is 22.4 Å². The molecule has 12 heavy (non-hydrogen) atoms. The van der Waals surface area contributed by atoms with E-state index in [9.17, 15) is 0 Å². The lowest BCUT2D eigenvalue weighted by atomic mass is 10.3. The lowest BCUT2D eigenvalue weighted by molar-refractivity contribution is 0.134. The van der Waals surface area contributed by atoms with Crippen molar-refractivity contribution in [1.82, 2.24) is 9.80 Å². The van der Waals surface area contributed by atoms with Crippen molar-refractivity contribution in [3.8, 4) is 0 Å². The molecule has 2 nitrogen and oxygen atoms in total. The Kier molecular flexibility index (Phi) is 3.26. The monoisotopic (exact) mass is 184 g/mol. The summed E-state index contributed by atoms with van der Waals surface area (Å²) >= 11 is 1.80. The molecule has 0 aliphatic rings. The van der Waals surface area contributed by atoms with E-state index in [1.54, 1.807) is 11.3 Å². The molecule has 0 aliphatic heterocycles. The van der Waals surface area contributed by atoms with Gasteiger partial charge in [0.25, 0.3) is 0 Å². The fraction of sp³-hybridized carbons (Fsp3) is 0.556. The van der Waals surface area contributed by atoms with Gasteiger partial charge in [0.05, 0.1) is 6.17 Å². The first-order valence-corrected chi connectivity index (χ1v) is 4.87. The van der Waals surface area contributed by atoms with Gasteiger partial charge in [-0.2, -0.15) is 0 Å². The molecular formula is C9H16N2S. The third kappa shape index (κ3) is 2.06. The zero-order valence-corrected chi connectivity index (χ0v) is 8.93. The van der Waals surface area contributed by atoms with Gasteiger partial charge in [0, 0.05) is 4.88 Å². The minimum Gasteiger partial charge on any atom is -0.290 e. The highest BCUT2D eigenvalue weighted by Gasteiger charge is 2.16. The molecule has 0 radical (unpaired) electrons. The smallest absolute Gasteiger partial charge is 0.0970 e. The number of hydrogen-bond acceptors (Lipinski definition) is 3. The average molecular weight is 184 g/mol. The fourth-order valence-electron chi connectivity index (χ4n) is 1.41. The molecule has 1 aromatic rings. The van der Waals surface area contributed by atoms with Crippen molar-refractivity contribution < 1.29 is 0 Å². The van der Waals surface area contributed by atoms with E-state index in [2.05, 4.69) is 55.5 Å². The van der Waals surface area contributed by atoms with E-state index in [-0.39, 0.29) is 0 Å². The minimum absolute atomic E-state index is 0.407. The molecule has 0 aliphatic carbocycles. The SMILES string of the molecule is CN(C)C(c1cccs1)N(C)C. The molecule has 0 atom stereocenters. The molecule has 68 valence electrons. The molecule has 1 aromatic heterocycles. The van der Waals surface area contributed by atoms with Crippen LogP contribution in [0.15, 0.2) is 17.5 Å². The van der Waals surface area contributed by atoms with Crippen LogP contribution in [0.5, 0.6) is 0 Å². The Hall–Kier alpha value is -0.380. The van der Waals surface area contributed by atoms with Gasteiger partial charge in [-0.05, 0) is 39.6 Å². The second-order valence-corrected chi connectivity index (χ2v) is 4.30. The molecule has 0 saturated heterocycles. The third-order valence-electron chi connectivity index (χ3n) is 1.78. The van der Waals surface area contributed by atoms with Crippen LogP contribution in [0.2, 0.25) is 0 Å². The molecule has 3 heteroatoms. The molecule has 1 heterocycles. The molecule has 0 aromatic carbocycles. The summed E-state index contributed by atoms with van der Waals surface area (Å²) < 4.78 is 0. The first kappa shape index (κ1) is 9.71. The van der Waals surface area contributed by atoms with E-state index in [1.165, 1.54) is 4.88 Å². The van der Waals surface area contributed by atoms with E-state index in [4.69, 9.17) is 0 Å². The highest BCUT2D eigenvalue weighted by Crippen LogP contribution is 2.24. The van der Waals surface area contributed by atoms with Crippen LogP contribution in [-0.2, 0) is 0 Å². The van der Waals surface area contributed by atoms with Crippen LogP contribution in [0.3, 0.4) is 0 Å². The van der Waals surface area contributed by atoms with E-state index in [1.807, 2.05) is 0 Å². The predicted octanol–water partition coefficient (Wildman–Crippen LogP) is 1.87. The predicted molar refractivity (Wildman–Crippen MR) is 54.4 cm³/mol. The van der Waals surface area contributed by atoms with Gasteiger partial charge in [0.1, 0.15) is 0 Å². The van der Waals surface area contributed by atoms with Crippen LogP contribution >= 0.6 is 11.3 Å². The van der Waals surface area contributed by atoms with Crippen molar-refractivity contribution >= 4 is 11.3 Å². The topological polar surface area (TPSA) is 6.48 Å². The van der Waals surface area contributed by atoms with Crippen LogP contribution in [0.4, 0.5) is 0 Å². The normalized spacial score (nSPS) is 11.9. The van der Waals surface area contributed by atoms with Gasteiger partial charge in [0.2, 0.25) is 0 Å². The quantitative estimate of drug-likeness (QED) is 0.662. The summed E-state index contributed by atoms with van der Waals surface area (Å²) in [7, 11) is 8.41. The Morgan fingerprint density at radius 3 is 2.08 bits per heavy atom. The van der Waals surface area contributed by atoms with Gasteiger partial charge in [0.15, 0.2) is 0 Å². The van der Waals surface area contributed by atoms with Gasteiger partial charge in [-0.3, -0.25) is 9.80 Å². The standard InChI is InChI=1S/C9H16N2S/c1-10(2)9(11(3)4)8-6-5-7-12-8/h5-7,9H,1-4H3. The number of thiophene rings is 1. The summed E-state index contributed by atoms with van der Waals surface area (Å²) in [6.07, 6.45) is 0.407. The van der Waals surface area contributed by atoms with Crippen molar-refractivity contribution in [2.24, 2.45) is 0 Å². The Balaban J connectivity index is 2.81. The van der Waals surface area contributed by atoms with Gasteiger partial charge in [-0.25, -0.2) is 0 Å². The third-order valence-corrected chi connectivity index (χ3v) is 2.69. The van der Waals surface area contributed by atoms with Crippen LogP contribution in [0.1, 0.15) is 11.0 Å². The molecule has 0 amide bonds. The zero-order chi connectivity index (χ0) is 9.14. The van der Waals surface area contributed by atoms with Gasteiger partial charge < -0.3 is 0 Å². The number of rotatable bonds is 3. The van der Waals surface area contributed by atoms with Crippen LogP contribution in [-0.4, -0.2) is 38.0 Å². The fourth-order valence-corrected chi connectivity index (χ4v) is 2.42. The summed E-state index contributed by atoms with van der Waals surface area (Å²) in [5, 5.41) is 2.12. The molecular weight excluding hydrogens is 168 g/mol. The maximum Gasteiger partial charge on any atom is 0.0970 e. The zero-order valence-electron chi connectivity index (χ0n) is 8.11. The van der Waals surface area contributed by atoms with Crippen LogP contribution in [0.25, 0.3) is 0 Å². The summed E-state index contributed by atoms with van der Waals surface area (Å²) in [5.41, 5.74) is 0. The minimum atomic E-state index is 0.407.